The van der Waals surface area contributed by atoms with Crippen LogP contribution in [0, 0.1) is 13.8 Å². The van der Waals surface area contributed by atoms with E-state index < -0.39 is 9.84 Å². The van der Waals surface area contributed by atoms with E-state index in [1.807, 2.05) is 13.8 Å². The Balaban J connectivity index is 1.90. The summed E-state index contributed by atoms with van der Waals surface area (Å²) in [7, 11) is -3.41. The number of sulfone groups is 1. The van der Waals surface area contributed by atoms with E-state index in [1.165, 1.54) is 12.1 Å². The number of hydrogen-bond donors (Lipinski definition) is 3. The molecule has 2 heterocycles. The summed E-state index contributed by atoms with van der Waals surface area (Å²) >= 11 is 0. The number of nitrogens with zero attached hydrogens (tertiary/aromatic N) is 1. The van der Waals surface area contributed by atoms with Crippen LogP contribution in [0.1, 0.15) is 46.7 Å². The fraction of sp³-hybridized carbons (Fsp3) is 0.391. The summed E-state index contributed by atoms with van der Waals surface area (Å²) in [5.74, 6) is -0.480. The first-order valence-electron chi connectivity index (χ1n) is 10.6. The van der Waals surface area contributed by atoms with Gasteiger partial charge in [-0.3, -0.25) is 9.59 Å². The molecule has 0 bridgehead atoms. The summed E-state index contributed by atoms with van der Waals surface area (Å²) in [4.78, 5) is 30.9. The van der Waals surface area contributed by atoms with Crippen LogP contribution < -0.4 is 10.6 Å². The Morgan fingerprint density at radius 1 is 1.19 bits per heavy atom. The van der Waals surface area contributed by atoms with E-state index in [0.717, 1.165) is 31.5 Å². The molecule has 2 aromatic rings. The Kier molecular flexibility index (Phi) is 6.90. The lowest BCUT2D eigenvalue weighted by Gasteiger charge is -2.18. The highest BCUT2D eigenvalue weighted by atomic mass is 32.2. The highest BCUT2D eigenvalue weighted by Crippen LogP contribution is 2.35. The van der Waals surface area contributed by atoms with E-state index >= 15 is 0 Å². The third kappa shape index (κ3) is 4.78. The Labute approximate surface area is 189 Å². The average molecular weight is 459 g/mol. The van der Waals surface area contributed by atoms with Crippen LogP contribution in [0.25, 0.3) is 11.6 Å². The van der Waals surface area contributed by atoms with Crippen LogP contribution in [-0.4, -0.2) is 62.6 Å². The highest BCUT2D eigenvalue weighted by Gasteiger charge is 2.27. The van der Waals surface area contributed by atoms with Crippen molar-refractivity contribution in [2.45, 2.75) is 32.6 Å². The Morgan fingerprint density at radius 3 is 2.50 bits per heavy atom. The van der Waals surface area contributed by atoms with Crippen molar-refractivity contribution in [1.82, 2.24) is 15.2 Å². The van der Waals surface area contributed by atoms with Crippen LogP contribution in [0.15, 0.2) is 23.1 Å². The van der Waals surface area contributed by atoms with Gasteiger partial charge in [0.2, 0.25) is 0 Å². The minimum atomic E-state index is -3.41. The van der Waals surface area contributed by atoms with Crippen LogP contribution in [-0.2, 0) is 14.6 Å². The first kappa shape index (κ1) is 23.7. The monoisotopic (exact) mass is 458 g/mol. The molecule has 1 aromatic heterocycles. The fourth-order valence-electron chi connectivity index (χ4n) is 3.90. The van der Waals surface area contributed by atoms with Crippen molar-refractivity contribution in [3.05, 3.63) is 46.3 Å². The summed E-state index contributed by atoms with van der Waals surface area (Å²) in [5, 5.41) is 5.73. The standard InChI is InChI=1S/C23H30N4O4S/c1-6-27(7-2)11-10-24-23(29)21-14(3)20(25-15(21)4)13-18-17-12-16(32(5,30)31)8-9-19(17)26-22(18)28/h8-9,12-13,25H,6-7,10-11H2,1-5H3,(H,24,29)(H,26,28)/b18-13-. The van der Waals surface area contributed by atoms with Gasteiger partial charge in [0.05, 0.1) is 16.0 Å². The van der Waals surface area contributed by atoms with Gasteiger partial charge in [-0.2, -0.15) is 0 Å². The number of amides is 2. The number of carbonyl (C=O) groups is 2. The minimum Gasteiger partial charge on any atom is -0.358 e. The van der Waals surface area contributed by atoms with E-state index in [9.17, 15) is 18.0 Å². The molecule has 0 spiro atoms. The summed E-state index contributed by atoms with van der Waals surface area (Å²) in [6.45, 7) is 11.0. The van der Waals surface area contributed by atoms with Gasteiger partial charge in [-0.25, -0.2) is 8.42 Å². The number of anilines is 1. The van der Waals surface area contributed by atoms with Crippen molar-refractivity contribution in [2.75, 3.05) is 37.8 Å². The second-order valence-corrected chi connectivity index (χ2v) is 9.95. The molecule has 0 atom stereocenters. The number of benzene rings is 1. The maximum Gasteiger partial charge on any atom is 0.256 e. The maximum absolute atomic E-state index is 12.8. The Bertz CT molecular complexity index is 1190. The van der Waals surface area contributed by atoms with Gasteiger partial charge in [0.15, 0.2) is 9.84 Å². The number of likely N-dealkylation sites (N-methyl/N-ethyl adjacent to an activating group) is 1. The van der Waals surface area contributed by atoms with Gasteiger partial charge in [-0.1, -0.05) is 13.8 Å². The second kappa shape index (κ2) is 9.30. The van der Waals surface area contributed by atoms with Gasteiger partial charge in [-0.05, 0) is 56.8 Å². The van der Waals surface area contributed by atoms with E-state index in [1.54, 1.807) is 12.1 Å². The first-order valence-corrected chi connectivity index (χ1v) is 12.5. The van der Waals surface area contributed by atoms with Gasteiger partial charge in [-0.15, -0.1) is 0 Å². The van der Waals surface area contributed by atoms with Crippen molar-refractivity contribution in [3.63, 3.8) is 0 Å². The number of nitrogens with one attached hydrogen (secondary N) is 3. The quantitative estimate of drug-likeness (QED) is 0.527. The van der Waals surface area contributed by atoms with Crippen LogP contribution in [0.5, 0.6) is 0 Å². The van der Waals surface area contributed by atoms with Gasteiger partial charge in [0.1, 0.15) is 0 Å². The zero-order chi connectivity index (χ0) is 23.6. The fourth-order valence-corrected chi connectivity index (χ4v) is 4.55. The molecule has 0 aliphatic carbocycles. The van der Waals surface area contributed by atoms with E-state index in [0.29, 0.717) is 40.3 Å². The first-order chi connectivity index (χ1) is 15.1. The van der Waals surface area contributed by atoms with E-state index in [4.69, 9.17) is 0 Å². The summed E-state index contributed by atoms with van der Waals surface area (Å²) in [5.41, 5.74) is 4.07. The predicted molar refractivity (Wildman–Crippen MR) is 126 cm³/mol. The molecule has 1 aliphatic heterocycles. The lowest BCUT2D eigenvalue weighted by atomic mass is 10.0. The number of rotatable bonds is 8. The van der Waals surface area contributed by atoms with E-state index in [2.05, 4.69) is 34.4 Å². The minimum absolute atomic E-state index is 0.145. The van der Waals surface area contributed by atoms with E-state index in [-0.39, 0.29) is 16.7 Å². The molecule has 3 N–H and O–H groups in total. The molecule has 0 radical (unpaired) electrons. The number of aryl methyl sites for hydroxylation is 1. The van der Waals surface area contributed by atoms with Crippen molar-refractivity contribution in [2.24, 2.45) is 0 Å². The molecule has 32 heavy (non-hydrogen) atoms. The summed E-state index contributed by atoms with van der Waals surface area (Å²) in [6.07, 6.45) is 2.80. The molecule has 0 unspecified atom stereocenters. The van der Waals surface area contributed by atoms with Crippen molar-refractivity contribution in [3.8, 4) is 0 Å². The molecule has 1 aliphatic rings. The zero-order valence-electron chi connectivity index (χ0n) is 19.1. The summed E-state index contributed by atoms with van der Waals surface area (Å²) < 4.78 is 23.9. The Hall–Kier alpha value is -2.91. The third-order valence-electron chi connectivity index (χ3n) is 5.80. The SMILES string of the molecule is CCN(CC)CCNC(=O)c1c(C)[nH]c(/C=C2\C(=O)Nc3ccc(S(C)(=O)=O)cc32)c1C. The molecular formula is C23H30N4O4S. The van der Waals surface area contributed by atoms with Crippen LogP contribution in [0.4, 0.5) is 5.69 Å². The smallest absolute Gasteiger partial charge is 0.256 e. The number of fused-ring (bicyclic) bond motifs is 1. The lowest BCUT2D eigenvalue weighted by Crippen LogP contribution is -2.35. The Morgan fingerprint density at radius 2 is 1.88 bits per heavy atom. The molecule has 172 valence electrons. The lowest BCUT2D eigenvalue weighted by molar-refractivity contribution is -0.110. The van der Waals surface area contributed by atoms with Gasteiger partial charge >= 0.3 is 0 Å². The highest BCUT2D eigenvalue weighted by molar-refractivity contribution is 7.90. The number of H-pyrrole nitrogens is 1. The zero-order valence-corrected chi connectivity index (χ0v) is 19.9. The normalized spacial score (nSPS) is 14.7. The molecule has 3 rings (SSSR count). The largest absolute Gasteiger partial charge is 0.358 e. The molecular weight excluding hydrogens is 428 g/mol. The number of carbonyl (C=O) groups excluding carboxylic acids is 2. The van der Waals surface area contributed by atoms with Crippen molar-refractivity contribution in [1.29, 1.82) is 0 Å². The van der Waals surface area contributed by atoms with Crippen molar-refractivity contribution >= 4 is 39.0 Å². The van der Waals surface area contributed by atoms with Crippen LogP contribution >= 0.6 is 0 Å². The predicted octanol–water partition coefficient (Wildman–Crippen LogP) is 2.60. The van der Waals surface area contributed by atoms with Gasteiger partial charge in [0.25, 0.3) is 11.8 Å². The van der Waals surface area contributed by atoms with Crippen molar-refractivity contribution < 1.29 is 18.0 Å². The topological polar surface area (TPSA) is 111 Å². The molecule has 0 saturated heterocycles. The average Bonchev–Trinajstić information content (AvgIpc) is 3.19. The maximum atomic E-state index is 12.8. The van der Waals surface area contributed by atoms with Crippen LogP contribution in [0.3, 0.4) is 0 Å². The van der Waals surface area contributed by atoms with Gasteiger partial charge < -0.3 is 20.5 Å². The third-order valence-corrected chi connectivity index (χ3v) is 6.91. The summed E-state index contributed by atoms with van der Waals surface area (Å²) in [6, 6.07) is 4.56. The number of aromatic nitrogens is 1. The molecule has 1 aromatic carbocycles. The molecule has 0 fully saturated rings. The molecule has 0 saturated carbocycles. The van der Waals surface area contributed by atoms with Gasteiger partial charge in [0, 0.05) is 42.0 Å². The van der Waals surface area contributed by atoms with Crippen LogP contribution in [0.2, 0.25) is 0 Å². The number of hydrogen-bond acceptors (Lipinski definition) is 5. The molecule has 2 amide bonds. The second-order valence-electron chi connectivity index (χ2n) is 7.94. The molecule has 8 nitrogen and oxygen atoms in total. The number of aromatic amines is 1. The molecule has 9 heteroatoms.